The molecule has 1 saturated carbocycles. The molecule has 2 atom stereocenters. The highest BCUT2D eigenvalue weighted by atomic mass is 32.2. The second-order valence-corrected chi connectivity index (χ2v) is 7.33. The third-order valence-corrected chi connectivity index (χ3v) is 5.61. The van der Waals surface area contributed by atoms with Crippen LogP contribution in [0.15, 0.2) is 0 Å². The van der Waals surface area contributed by atoms with E-state index in [2.05, 4.69) is 12.2 Å². The van der Waals surface area contributed by atoms with Crippen LogP contribution in [0.25, 0.3) is 0 Å². The van der Waals surface area contributed by atoms with Crippen molar-refractivity contribution in [1.82, 2.24) is 5.32 Å². The van der Waals surface area contributed by atoms with E-state index in [0.717, 1.165) is 12.3 Å². The molecule has 1 N–H and O–H groups in total. The fraction of sp³-hybridized carbons (Fsp3) is 1.00. The van der Waals surface area contributed by atoms with E-state index in [4.69, 9.17) is 0 Å². The Morgan fingerprint density at radius 1 is 1.20 bits per heavy atom. The summed E-state index contributed by atoms with van der Waals surface area (Å²) in [4.78, 5) is 0. The Morgan fingerprint density at radius 2 is 1.87 bits per heavy atom. The maximum Gasteiger partial charge on any atom is 0.151 e. The summed E-state index contributed by atoms with van der Waals surface area (Å²) in [7, 11) is -2.73. The molecule has 1 heterocycles. The van der Waals surface area contributed by atoms with Crippen molar-refractivity contribution in [2.24, 2.45) is 5.92 Å². The van der Waals surface area contributed by atoms with E-state index in [1.54, 1.807) is 0 Å². The normalized spacial score (nSPS) is 33.3. The smallest absolute Gasteiger partial charge is 0.151 e. The van der Waals surface area contributed by atoms with Gasteiger partial charge >= 0.3 is 0 Å². The van der Waals surface area contributed by atoms with Crippen LogP contribution in [0.4, 0.5) is 0 Å². The molecule has 2 fully saturated rings. The van der Waals surface area contributed by atoms with Crippen molar-refractivity contribution >= 4 is 9.84 Å². The minimum absolute atomic E-state index is 0.214. The Kier molecular flexibility index (Phi) is 3.36. The lowest BCUT2D eigenvalue weighted by Crippen LogP contribution is -2.40. The van der Waals surface area contributed by atoms with Crippen LogP contribution in [0.2, 0.25) is 0 Å². The minimum atomic E-state index is -2.73. The molecular weight excluding hydrogens is 210 g/mol. The molecule has 2 aliphatic rings. The van der Waals surface area contributed by atoms with Gasteiger partial charge in [0, 0.05) is 12.1 Å². The number of sulfone groups is 1. The van der Waals surface area contributed by atoms with Crippen molar-refractivity contribution < 1.29 is 8.42 Å². The average Bonchev–Trinajstić information content (AvgIpc) is 2.74. The Balaban J connectivity index is 1.82. The molecule has 0 radical (unpaired) electrons. The van der Waals surface area contributed by atoms with Crippen LogP contribution in [0.5, 0.6) is 0 Å². The third-order valence-electron chi connectivity index (χ3n) is 3.84. The molecule has 1 saturated heterocycles. The molecule has 3 nitrogen and oxygen atoms in total. The first-order valence-corrected chi connectivity index (χ1v) is 7.85. The van der Waals surface area contributed by atoms with Gasteiger partial charge in [-0.3, -0.25) is 0 Å². The Hall–Kier alpha value is -0.0900. The summed E-state index contributed by atoms with van der Waals surface area (Å²) in [6.07, 6.45) is 6.12. The van der Waals surface area contributed by atoms with E-state index in [9.17, 15) is 8.42 Å². The molecule has 15 heavy (non-hydrogen) atoms. The molecular formula is C11H21NO2S. The van der Waals surface area contributed by atoms with Crippen molar-refractivity contribution in [2.45, 2.75) is 51.1 Å². The first kappa shape index (κ1) is 11.4. The molecule has 0 amide bonds. The summed E-state index contributed by atoms with van der Waals surface area (Å²) < 4.78 is 22.6. The summed E-state index contributed by atoms with van der Waals surface area (Å²) in [6, 6.07) is 0.705. The van der Waals surface area contributed by atoms with Gasteiger partial charge in [-0.05, 0) is 32.1 Å². The van der Waals surface area contributed by atoms with E-state index in [1.807, 2.05) is 0 Å². The summed E-state index contributed by atoms with van der Waals surface area (Å²) in [5, 5.41) is 3.50. The van der Waals surface area contributed by atoms with E-state index in [-0.39, 0.29) is 6.04 Å². The summed E-state index contributed by atoms with van der Waals surface area (Å²) >= 11 is 0. The number of rotatable bonds is 3. The van der Waals surface area contributed by atoms with E-state index in [0.29, 0.717) is 17.5 Å². The molecule has 1 unspecified atom stereocenters. The van der Waals surface area contributed by atoms with Gasteiger partial charge < -0.3 is 5.32 Å². The summed E-state index contributed by atoms with van der Waals surface area (Å²) in [6.45, 7) is 2.21. The Bertz CT molecular complexity index is 307. The van der Waals surface area contributed by atoms with Gasteiger partial charge in [-0.1, -0.05) is 12.8 Å². The lowest BCUT2D eigenvalue weighted by Gasteiger charge is -2.23. The van der Waals surface area contributed by atoms with E-state index >= 15 is 0 Å². The monoisotopic (exact) mass is 231 g/mol. The van der Waals surface area contributed by atoms with Crippen LogP contribution >= 0.6 is 0 Å². The molecule has 0 spiro atoms. The summed E-state index contributed by atoms with van der Waals surface area (Å²) in [5.41, 5.74) is 0. The zero-order valence-corrected chi connectivity index (χ0v) is 10.2. The SMILES string of the molecule is C[C@@H](NC1CCS(=O)(=O)C1)C1CCCC1. The standard InChI is InChI=1S/C11H21NO2S/c1-9(10-4-2-3-5-10)12-11-6-7-15(13,14)8-11/h9-12H,2-8H2,1H3/t9-,11?/m1/s1. The van der Waals surface area contributed by atoms with Gasteiger partial charge in [-0.15, -0.1) is 0 Å². The predicted octanol–water partition coefficient (Wildman–Crippen LogP) is 1.34. The summed E-state index contributed by atoms with van der Waals surface area (Å²) in [5.74, 6) is 1.50. The van der Waals surface area contributed by atoms with Gasteiger partial charge in [0.2, 0.25) is 0 Å². The first-order chi connectivity index (χ1) is 7.07. The minimum Gasteiger partial charge on any atom is -0.310 e. The highest BCUT2D eigenvalue weighted by Gasteiger charge is 2.30. The lowest BCUT2D eigenvalue weighted by molar-refractivity contribution is 0.351. The highest BCUT2D eigenvalue weighted by Crippen LogP contribution is 2.28. The van der Waals surface area contributed by atoms with Crippen molar-refractivity contribution in [3.63, 3.8) is 0 Å². The molecule has 2 rings (SSSR count). The lowest BCUT2D eigenvalue weighted by atomic mass is 9.99. The molecule has 88 valence electrons. The van der Waals surface area contributed by atoms with E-state index in [1.165, 1.54) is 25.7 Å². The van der Waals surface area contributed by atoms with Crippen LogP contribution < -0.4 is 5.32 Å². The molecule has 0 aromatic carbocycles. The van der Waals surface area contributed by atoms with Gasteiger partial charge in [-0.25, -0.2) is 8.42 Å². The van der Waals surface area contributed by atoms with Crippen LogP contribution in [0.3, 0.4) is 0 Å². The largest absolute Gasteiger partial charge is 0.310 e. The molecule has 1 aliphatic heterocycles. The van der Waals surface area contributed by atoms with E-state index < -0.39 is 9.84 Å². The maximum atomic E-state index is 11.3. The van der Waals surface area contributed by atoms with Gasteiger partial charge in [0.05, 0.1) is 11.5 Å². The first-order valence-electron chi connectivity index (χ1n) is 6.03. The molecule has 4 heteroatoms. The van der Waals surface area contributed by atoms with Crippen molar-refractivity contribution in [1.29, 1.82) is 0 Å². The van der Waals surface area contributed by atoms with Crippen LogP contribution in [0.1, 0.15) is 39.0 Å². The Labute approximate surface area is 92.6 Å². The second kappa shape index (κ2) is 4.42. The van der Waals surface area contributed by atoms with Crippen LogP contribution in [-0.2, 0) is 9.84 Å². The van der Waals surface area contributed by atoms with Crippen molar-refractivity contribution in [2.75, 3.05) is 11.5 Å². The predicted molar refractivity (Wildman–Crippen MR) is 61.6 cm³/mol. The van der Waals surface area contributed by atoms with Crippen molar-refractivity contribution in [3.05, 3.63) is 0 Å². The molecule has 1 aliphatic carbocycles. The molecule has 0 aromatic heterocycles. The maximum absolute atomic E-state index is 11.3. The average molecular weight is 231 g/mol. The van der Waals surface area contributed by atoms with Crippen molar-refractivity contribution in [3.8, 4) is 0 Å². The number of nitrogens with one attached hydrogen (secondary N) is 1. The zero-order valence-electron chi connectivity index (χ0n) is 9.41. The van der Waals surface area contributed by atoms with Gasteiger partial charge in [0.15, 0.2) is 9.84 Å². The topological polar surface area (TPSA) is 46.2 Å². The quantitative estimate of drug-likeness (QED) is 0.797. The molecule has 0 bridgehead atoms. The van der Waals surface area contributed by atoms with Gasteiger partial charge in [0.1, 0.15) is 0 Å². The van der Waals surface area contributed by atoms with Gasteiger partial charge in [0.25, 0.3) is 0 Å². The van der Waals surface area contributed by atoms with Gasteiger partial charge in [-0.2, -0.15) is 0 Å². The second-order valence-electron chi connectivity index (χ2n) is 5.10. The highest BCUT2D eigenvalue weighted by molar-refractivity contribution is 7.91. The molecule has 0 aromatic rings. The third kappa shape index (κ3) is 2.94. The fourth-order valence-electron chi connectivity index (χ4n) is 2.89. The van der Waals surface area contributed by atoms with Crippen LogP contribution in [0, 0.1) is 5.92 Å². The van der Waals surface area contributed by atoms with Crippen LogP contribution in [-0.4, -0.2) is 32.0 Å². The zero-order chi connectivity index (χ0) is 10.9. The number of hydrogen-bond donors (Lipinski definition) is 1. The fourth-order valence-corrected chi connectivity index (χ4v) is 4.58. The number of hydrogen-bond acceptors (Lipinski definition) is 3. The Morgan fingerprint density at radius 3 is 2.40 bits per heavy atom.